The molecule has 8 nitrogen and oxygen atoms in total. The summed E-state index contributed by atoms with van der Waals surface area (Å²) >= 11 is 0. The fraction of sp³-hybridized carbons (Fsp3) is 0.333. The van der Waals surface area contributed by atoms with E-state index in [-0.39, 0.29) is 6.10 Å². The first-order valence-corrected chi connectivity index (χ1v) is 10.1. The summed E-state index contributed by atoms with van der Waals surface area (Å²) in [5, 5.41) is 25.0. The summed E-state index contributed by atoms with van der Waals surface area (Å²) in [6.45, 7) is 0. The van der Waals surface area contributed by atoms with Gasteiger partial charge in [0.05, 0.1) is 23.1 Å². The van der Waals surface area contributed by atoms with Crippen molar-refractivity contribution in [2.45, 2.75) is 43.9 Å². The second-order valence-electron chi connectivity index (χ2n) is 7.85. The second-order valence-corrected chi connectivity index (χ2v) is 7.85. The fourth-order valence-electron chi connectivity index (χ4n) is 4.65. The van der Waals surface area contributed by atoms with E-state index in [1.807, 2.05) is 47.4 Å². The minimum atomic E-state index is 0.225. The quantitative estimate of drug-likeness (QED) is 0.559. The molecule has 0 radical (unpaired) electrons. The van der Waals surface area contributed by atoms with E-state index in [0.717, 1.165) is 40.7 Å². The molecule has 2 bridgehead atoms. The molecule has 0 aliphatic carbocycles. The Balaban J connectivity index is 1.27. The number of benzene rings is 1. The van der Waals surface area contributed by atoms with Gasteiger partial charge in [0.25, 0.3) is 0 Å². The van der Waals surface area contributed by atoms with Gasteiger partial charge in [0.15, 0.2) is 0 Å². The molecule has 1 aromatic carbocycles. The van der Waals surface area contributed by atoms with Crippen LogP contribution in [0.4, 0.5) is 0 Å². The summed E-state index contributed by atoms with van der Waals surface area (Å²) in [5.74, 6) is 0.594. The zero-order valence-electron chi connectivity index (χ0n) is 15.8. The lowest BCUT2D eigenvalue weighted by atomic mass is 10.0. The number of nitrogens with zero attached hydrogens (tertiary/aromatic N) is 5. The zero-order chi connectivity index (χ0) is 19.2. The average molecular weight is 387 g/mol. The van der Waals surface area contributed by atoms with Crippen LogP contribution in [0.5, 0.6) is 5.88 Å². The van der Waals surface area contributed by atoms with Gasteiger partial charge in [-0.15, -0.1) is 10.2 Å². The van der Waals surface area contributed by atoms with E-state index >= 15 is 0 Å². The summed E-state index contributed by atoms with van der Waals surface area (Å²) in [5.41, 5.74) is 3.63. The molecule has 0 saturated carbocycles. The molecule has 2 N–H and O–H groups in total. The number of ether oxygens (including phenoxy) is 1. The van der Waals surface area contributed by atoms with Crippen LogP contribution in [-0.4, -0.2) is 48.4 Å². The lowest BCUT2D eigenvalue weighted by molar-refractivity contribution is 0.130. The highest BCUT2D eigenvalue weighted by Gasteiger charge is 2.34. The van der Waals surface area contributed by atoms with Gasteiger partial charge >= 0.3 is 0 Å². The third-order valence-corrected chi connectivity index (χ3v) is 5.98. The van der Waals surface area contributed by atoms with Crippen molar-refractivity contribution in [3.05, 3.63) is 48.9 Å². The minimum Gasteiger partial charge on any atom is -0.473 e. The number of hydrogen-bond acceptors (Lipinski definition) is 6. The molecule has 3 aromatic heterocycles. The number of hydrogen-bond donors (Lipinski definition) is 2. The van der Waals surface area contributed by atoms with Crippen LogP contribution in [0.3, 0.4) is 0 Å². The Morgan fingerprint density at radius 3 is 2.69 bits per heavy atom. The third kappa shape index (κ3) is 2.96. The lowest BCUT2D eigenvalue weighted by Gasteiger charge is -2.28. The largest absolute Gasteiger partial charge is 0.473 e. The van der Waals surface area contributed by atoms with Crippen LogP contribution in [0, 0.1) is 0 Å². The highest BCUT2D eigenvalue weighted by molar-refractivity contribution is 5.97. The predicted molar refractivity (Wildman–Crippen MR) is 108 cm³/mol. The molecule has 0 spiro atoms. The van der Waals surface area contributed by atoms with Gasteiger partial charge in [-0.2, -0.15) is 10.2 Å². The topological polar surface area (TPSA) is 93.5 Å². The van der Waals surface area contributed by atoms with Gasteiger partial charge in [-0.1, -0.05) is 0 Å². The molecular formula is C21H21N7O. The van der Waals surface area contributed by atoms with Crippen LogP contribution in [0.15, 0.2) is 48.9 Å². The maximum absolute atomic E-state index is 6.12. The Hall–Kier alpha value is -3.26. The first-order valence-electron chi connectivity index (χ1n) is 10.1. The molecule has 0 amide bonds. The number of aromatic nitrogens is 6. The number of fused-ring (bicyclic) bond motifs is 3. The van der Waals surface area contributed by atoms with Crippen molar-refractivity contribution in [2.24, 2.45) is 0 Å². The summed E-state index contributed by atoms with van der Waals surface area (Å²) in [6.07, 6.45) is 10.3. The van der Waals surface area contributed by atoms with Crippen molar-refractivity contribution in [3.63, 3.8) is 0 Å². The maximum atomic E-state index is 6.12. The van der Waals surface area contributed by atoms with Gasteiger partial charge in [0, 0.05) is 41.5 Å². The van der Waals surface area contributed by atoms with Gasteiger partial charge in [-0.3, -0.25) is 5.10 Å². The average Bonchev–Trinajstić information content (AvgIpc) is 3.49. The summed E-state index contributed by atoms with van der Waals surface area (Å²) < 4.78 is 7.94. The number of rotatable bonds is 4. The molecule has 2 saturated heterocycles. The molecule has 5 heterocycles. The van der Waals surface area contributed by atoms with E-state index in [1.165, 1.54) is 12.8 Å². The number of piperidine rings is 1. The molecule has 2 aliphatic rings. The van der Waals surface area contributed by atoms with Crippen LogP contribution in [0.2, 0.25) is 0 Å². The Kier molecular flexibility index (Phi) is 3.83. The van der Waals surface area contributed by atoms with Crippen LogP contribution < -0.4 is 10.1 Å². The van der Waals surface area contributed by atoms with Crippen LogP contribution in [0.25, 0.3) is 27.8 Å². The normalized spacial score (nSPS) is 23.5. The Morgan fingerprint density at radius 1 is 1.03 bits per heavy atom. The highest BCUT2D eigenvalue weighted by Crippen LogP contribution is 2.31. The van der Waals surface area contributed by atoms with Crippen LogP contribution in [-0.2, 0) is 0 Å². The summed E-state index contributed by atoms with van der Waals surface area (Å²) in [4.78, 5) is 0. The lowest BCUT2D eigenvalue weighted by Crippen LogP contribution is -2.42. The highest BCUT2D eigenvalue weighted by atomic mass is 16.5. The molecule has 8 heteroatoms. The van der Waals surface area contributed by atoms with Gasteiger partial charge in [-0.05, 0) is 49.9 Å². The SMILES string of the molecule is c1cnn(-c2ccc(-c3ccc(OC4CC5CCC(C4)N5)nn3)c3cn[nH]c23)c1. The second kappa shape index (κ2) is 6.66. The number of nitrogens with one attached hydrogen (secondary N) is 2. The van der Waals surface area contributed by atoms with E-state index in [1.54, 1.807) is 6.20 Å². The molecule has 2 fully saturated rings. The molecule has 4 aromatic rings. The van der Waals surface area contributed by atoms with Gasteiger partial charge in [0.2, 0.25) is 5.88 Å². The monoisotopic (exact) mass is 387 g/mol. The molecular weight excluding hydrogens is 366 g/mol. The van der Waals surface area contributed by atoms with E-state index in [0.29, 0.717) is 18.0 Å². The van der Waals surface area contributed by atoms with Crippen molar-refractivity contribution in [1.29, 1.82) is 0 Å². The Morgan fingerprint density at radius 2 is 1.93 bits per heavy atom. The van der Waals surface area contributed by atoms with E-state index in [9.17, 15) is 0 Å². The van der Waals surface area contributed by atoms with E-state index in [4.69, 9.17) is 4.74 Å². The standard InChI is InChI=1S/C21H21N7O/c1-8-23-28(9-1)19-6-4-16(17-12-22-27-21(17)19)18-5-7-20(26-25-18)29-15-10-13-2-3-14(11-15)24-13/h1,4-9,12-15,24H,2-3,10-11H2,(H,22,27). The first kappa shape index (κ1) is 16.7. The third-order valence-electron chi connectivity index (χ3n) is 5.98. The van der Waals surface area contributed by atoms with Crippen molar-refractivity contribution >= 4 is 10.9 Å². The molecule has 29 heavy (non-hydrogen) atoms. The molecule has 2 atom stereocenters. The zero-order valence-corrected chi connectivity index (χ0v) is 15.8. The number of H-pyrrole nitrogens is 1. The van der Waals surface area contributed by atoms with E-state index < -0.39 is 0 Å². The predicted octanol–water partition coefficient (Wildman–Crippen LogP) is 2.87. The fourth-order valence-corrected chi connectivity index (χ4v) is 4.65. The Labute approximate surface area is 167 Å². The molecule has 146 valence electrons. The van der Waals surface area contributed by atoms with Gasteiger partial charge in [0.1, 0.15) is 6.10 Å². The van der Waals surface area contributed by atoms with Crippen LogP contribution >= 0.6 is 0 Å². The number of aromatic amines is 1. The first-order chi connectivity index (χ1) is 14.3. The van der Waals surface area contributed by atoms with Gasteiger partial charge in [-0.25, -0.2) is 4.68 Å². The molecule has 6 rings (SSSR count). The van der Waals surface area contributed by atoms with E-state index in [2.05, 4.69) is 30.8 Å². The van der Waals surface area contributed by atoms with Crippen molar-refractivity contribution in [3.8, 4) is 22.8 Å². The summed E-state index contributed by atoms with van der Waals surface area (Å²) in [6, 6.07) is 11.0. The molecule has 2 unspecified atom stereocenters. The van der Waals surface area contributed by atoms with Crippen LogP contribution in [0.1, 0.15) is 25.7 Å². The smallest absolute Gasteiger partial charge is 0.233 e. The Bertz CT molecular complexity index is 1120. The minimum absolute atomic E-state index is 0.225. The molecule has 2 aliphatic heterocycles. The van der Waals surface area contributed by atoms with Crippen molar-refractivity contribution in [2.75, 3.05) is 0 Å². The van der Waals surface area contributed by atoms with Crippen molar-refractivity contribution < 1.29 is 4.74 Å². The van der Waals surface area contributed by atoms with Gasteiger partial charge < -0.3 is 10.1 Å². The maximum Gasteiger partial charge on any atom is 0.233 e. The summed E-state index contributed by atoms with van der Waals surface area (Å²) in [7, 11) is 0. The van der Waals surface area contributed by atoms with Crippen molar-refractivity contribution in [1.82, 2.24) is 35.5 Å².